The predicted octanol–water partition coefficient (Wildman–Crippen LogP) is 26.5. The summed E-state index contributed by atoms with van der Waals surface area (Å²) in [5.41, 5.74) is 2.84. The van der Waals surface area contributed by atoms with Crippen LogP contribution in [0.2, 0.25) is 0 Å². The summed E-state index contributed by atoms with van der Waals surface area (Å²) in [5.74, 6) is 2.95. The Morgan fingerprint density at radius 3 is 0.873 bits per heavy atom. The summed E-state index contributed by atoms with van der Waals surface area (Å²) >= 11 is 1.87. The van der Waals surface area contributed by atoms with Crippen molar-refractivity contribution in [2.24, 2.45) is 0 Å². The number of benzene rings is 2. The van der Waals surface area contributed by atoms with Gasteiger partial charge in [-0.05, 0) is 91.7 Å². The second-order valence-electron chi connectivity index (χ2n) is 24.3. The van der Waals surface area contributed by atoms with Crippen molar-refractivity contribution in [2.45, 2.75) is 374 Å². The highest BCUT2D eigenvalue weighted by molar-refractivity contribution is 8.53. The number of hydrogen-bond acceptors (Lipinski definition) is 5. The monoisotopic (exact) mass is 1130 g/mol. The van der Waals surface area contributed by atoms with E-state index in [4.69, 9.17) is 13.8 Å². The SMILES string of the molecule is CCCCCCCCCCCCCCCOC(=O)CCCCCCCCCCCCCCCSP(Oc1ccc(CCCCCCCCCCCCCCC)cc1)Oc1ccc(CCCCCCCCCCCCCCC)cc1. The van der Waals surface area contributed by atoms with Crippen molar-refractivity contribution in [2.75, 3.05) is 12.4 Å². The zero-order valence-electron chi connectivity index (χ0n) is 52.9. The van der Waals surface area contributed by atoms with Gasteiger partial charge in [0.05, 0.1) is 6.61 Å². The number of aryl methyl sites for hydroxylation is 2. The summed E-state index contributed by atoms with van der Waals surface area (Å²) < 4.78 is 18.8. The average molecular weight is 1140 g/mol. The largest absolute Gasteiger partial charge is 0.466 e. The third kappa shape index (κ3) is 50.5. The lowest BCUT2D eigenvalue weighted by molar-refractivity contribution is -0.143. The second-order valence-corrected chi connectivity index (χ2v) is 27.5. The van der Waals surface area contributed by atoms with Crippen molar-refractivity contribution < 1.29 is 18.6 Å². The van der Waals surface area contributed by atoms with Crippen molar-refractivity contribution in [3.8, 4) is 11.5 Å². The summed E-state index contributed by atoms with van der Waals surface area (Å²) in [7, 11) is -1.15. The van der Waals surface area contributed by atoms with E-state index in [0.717, 1.165) is 49.4 Å². The lowest BCUT2D eigenvalue weighted by Gasteiger charge is -2.18. The van der Waals surface area contributed by atoms with Crippen LogP contribution in [0, 0.1) is 0 Å². The van der Waals surface area contributed by atoms with Crippen LogP contribution in [0.4, 0.5) is 0 Å². The molecule has 0 aromatic heterocycles. The fourth-order valence-corrected chi connectivity index (χ4v) is 14.1. The molecular weight excluding hydrogens is 1000 g/mol. The minimum absolute atomic E-state index is 0.0171. The van der Waals surface area contributed by atoms with Crippen LogP contribution in [-0.4, -0.2) is 18.3 Å². The van der Waals surface area contributed by atoms with Crippen molar-refractivity contribution in [1.29, 1.82) is 0 Å². The van der Waals surface area contributed by atoms with Crippen LogP contribution in [0.5, 0.6) is 11.5 Å². The summed E-state index contributed by atoms with van der Waals surface area (Å²) in [6, 6.07) is 17.8. The van der Waals surface area contributed by atoms with Gasteiger partial charge in [-0.15, -0.1) is 0 Å². The molecule has 0 heterocycles. The molecule has 6 heteroatoms. The third-order valence-corrected chi connectivity index (χ3v) is 19.6. The molecule has 0 atom stereocenters. The van der Waals surface area contributed by atoms with E-state index in [-0.39, 0.29) is 5.97 Å². The fourth-order valence-electron chi connectivity index (χ4n) is 11.2. The smallest absolute Gasteiger partial charge is 0.360 e. The van der Waals surface area contributed by atoms with Gasteiger partial charge in [-0.1, -0.05) is 347 Å². The Labute approximate surface area is 498 Å². The number of unbranched alkanes of at least 4 members (excludes halogenated alkanes) is 48. The highest BCUT2D eigenvalue weighted by Crippen LogP contribution is 2.52. The molecule has 0 fully saturated rings. The number of hydrogen-bond donors (Lipinski definition) is 0. The first-order valence-electron chi connectivity index (χ1n) is 35.3. The molecule has 458 valence electrons. The predicted molar refractivity (Wildman–Crippen MR) is 354 cm³/mol. The molecule has 0 radical (unpaired) electrons. The maximum Gasteiger partial charge on any atom is 0.360 e. The van der Waals surface area contributed by atoms with E-state index in [9.17, 15) is 4.79 Å². The van der Waals surface area contributed by atoms with Crippen molar-refractivity contribution in [3.05, 3.63) is 59.7 Å². The molecule has 0 saturated carbocycles. The first-order valence-corrected chi connectivity index (χ1v) is 38.0. The summed E-state index contributed by atoms with van der Waals surface area (Å²) in [4.78, 5) is 12.2. The maximum atomic E-state index is 12.2. The van der Waals surface area contributed by atoms with Crippen molar-refractivity contribution in [3.63, 3.8) is 0 Å². The van der Waals surface area contributed by atoms with Gasteiger partial charge in [-0.2, -0.15) is 0 Å². The van der Waals surface area contributed by atoms with Gasteiger partial charge in [-0.25, -0.2) is 0 Å². The quantitative estimate of drug-likeness (QED) is 0.0375. The second kappa shape index (κ2) is 59.4. The molecule has 0 amide bonds. The minimum atomic E-state index is -1.15. The van der Waals surface area contributed by atoms with Crippen LogP contribution in [-0.2, 0) is 22.4 Å². The zero-order chi connectivity index (χ0) is 56.3. The maximum absolute atomic E-state index is 12.2. The molecule has 2 aromatic rings. The lowest BCUT2D eigenvalue weighted by Crippen LogP contribution is -2.05. The summed E-state index contributed by atoms with van der Waals surface area (Å²) in [6.07, 6.45) is 73.4. The van der Waals surface area contributed by atoms with Gasteiger partial charge in [0.2, 0.25) is 0 Å². The molecule has 2 aromatic carbocycles. The number of ether oxygens (including phenoxy) is 1. The molecular formula is C73H131O4PS. The molecule has 0 saturated heterocycles. The number of carbonyl (C=O) groups excluding carboxylic acids is 1. The van der Waals surface area contributed by atoms with Crippen LogP contribution < -0.4 is 9.05 Å². The van der Waals surface area contributed by atoms with E-state index in [0.29, 0.717) is 13.0 Å². The van der Waals surface area contributed by atoms with Crippen LogP contribution in [0.25, 0.3) is 0 Å². The Morgan fingerprint density at radius 1 is 0.316 bits per heavy atom. The Hall–Kier alpha value is -1.71. The molecule has 0 bridgehead atoms. The Morgan fingerprint density at radius 2 is 0.570 bits per heavy atom. The van der Waals surface area contributed by atoms with Crippen LogP contribution >= 0.6 is 19.0 Å². The molecule has 0 aliphatic rings. The molecule has 79 heavy (non-hydrogen) atoms. The highest BCUT2D eigenvalue weighted by Gasteiger charge is 2.17. The lowest BCUT2D eigenvalue weighted by atomic mass is 10.0. The van der Waals surface area contributed by atoms with E-state index in [1.165, 1.54) is 326 Å². The van der Waals surface area contributed by atoms with Gasteiger partial charge in [0, 0.05) is 12.2 Å². The number of rotatable bonds is 63. The standard InChI is InChI=1S/C73H131O4PS/c1-4-7-10-13-16-19-22-26-31-36-41-46-51-56-69-59-63-71(64-60-69)76-78(77-72-65-61-70(62-66-72)57-52-47-42-37-32-27-23-20-17-14-11-8-5-2)79-68-55-50-45-40-35-30-25-28-33-38-43-48-53-58-73(74)75-67-54-49-44-39-34-29-24-21-18-15-12-9-6-3/h59-66H,4-58,67-68H2,1-3H3. The van der Waals surface area contributed by atoms with E-state index in [1.54, 1.807) is 0 Å². The van der Waals surface area contributed by atoms with Gasteiger partial charge in [0.1, 0.15) is 11.5 Å². The first-order chi connectivity index (χ1) is 39.1. The zero-order valence-corrected chi connectivity index (χ0v) is 54.6. The van der Waals surface area contributed by atoms with Crippen LogP contribution in [0.15, 0.2) is 48.5 Å². The molecule has 0 N–H and O–H groups in total. The normalized spacial score (nSPS) is 11.5. The molecule has 4 nitrogen and oxygen atoms in total. The first kappa shape index (κ1) is 73.4. The molecule has 0 aliphatic heterocycles. The minimum Gasteiger partial charge on any atom is -0.466 e. The van der Waals surface area contributed by atoms with E-state index in [2.05, 4.69) is 69.3 Å². The van der Waals surface area contributed by atoms with Gasteiger partial charge >= 0.3 is 13.5 Å². The topological polar surface area (TPSA) is 44.8 Å². The Balaban J connectivity index is 1.57. The summed E-state index contributed by atoms with van der Waals surface area (Å²) in [5, 5.41) is 0. The van der Waals surface area contributed by atoms with Gasteiger partial charge in [0.15, 0.2) is 0 Å². The Bertz CT molecular complexity index is 1440. The van der Waals surface area contributed by atoms with Crippen LogP contribution in [0.1, 0.15) is 372 Å². The highest BCUT2D eigenvalue weighted by atomic mass is 32.7. The third-order valence-electron chi connectivity index (χ3n) is 16.6. The number of carbonyl (C=O) groups is 1. The average Bonchev–Trinajstić information content (AvgIpc) is 3.46. The van der Waals surface area contributed by atoms with Gasteiger partial charge < -0.3 is 13.8 Å². The number of esters is 1. The molecule has 0 unspecified atom stereocenters. The van der Waals surface area contributed by atoms with E-state index in [1.807, 2.05) is 11.4 Å². The summed E-state index contributed by atoms with van der Waals surface area (Å²) in [6.45, 7) is 7.51. The van der Waals surface area contributed by atoms with E-state index >= 15 is 0 Å². The molecule has 0 aliphatic carbocycles. The fraction of sp³-hybridized carbons (Fsp3) is 0.822. The van der Waals surface area contributed by atoms with Crippen molar-refractivity contribution in [1.82, 2.24) is 0 Å². The van der Waals surface area contributed by atoms with E-state index < -0.39 is 7.58 Å². The Kier molecular flexibility index (Phi) is 55.2. The molecule has 0 spiro atoms. The van der Waals surface area contributed by atoms with Gasteiger partial charge in [-0.3, -0.25) is 4.79 Å². The van der Waals surface area contributed by atoms with Gasteiger partial charge in [0.25, 0.3) is 0 Å². The molecule has 2 rings (SSSR count). The van der Waals surface area contributed by atoms with Crippen LogP contribution in [0.3, 0.4) is 0 Å². The van der Waals surface area contributed by atoms with Crippen molar-refractivity contribution >= 4 is 24.9 Å².